The van der Waals surface area contributed by atoms with E-state index in [9.17, 15) is 4.79 Å². The third-order valence-corrected chi connectivity index (χ3v) is 5.35. The minimum Gasteiger partial charge on any atom is -0.363 e. The van der Waals surface area contributed by atoms with Crippen LogP contribution in [-0.4, -0.2) is 24.1 Å². The maximum Gasteiger partial charge on any atom is 0.172 e. The van der Waals surface area contributed by atoms with Gasteiger partial charge < -0.3 is 4.74 Å². The molecule has 2 aromatic carbocycles. The van der Waals surface area contributed by atoms with E-state index in [1.165, 1.54) is 16.7 Å². The highest BCUT2D eigenvalue weighted by atomic mass is 32.2. The van der Waals surface area contributed by atoms with Crippen LogP contribution in [0.1, 0.15) is 12.8 Å². The van der Waals surface area contributed by atoms with E-state index in [1.54, 1.807) is 18.9 Å². The number of Topliss-reactive ketones (excluding diaryl/α,β-unsaturated/α-hetero) is 1. The molecule has 2 rings (SSSR count). The van der Waals surface area contributed by atoms with E-state index >= 15 is 0 Å². The number of hydrogen-bond acceptors (Lipinski definition) is 4. The van der Waals surface area contributed by atoms with Gasteiger partial charge in [0.05, 0.1) is 0 Å². The molecule has 116 valence electrons. The Balaban J connectivity index is 1.73. The smallest absolute Gasteiger partial charge is 0.172 e. The molecule has 0 aromatic heterocycles. The first-order valence-corrected chi connectivity index (χ1v) is 9.11. The van der Waals surface area contributed by atoms with Gasteiger partial charge in [0.15, 0.2) is 11.2 Å². The third-order valence-electron chi connectivity index (χ3n) is 3.04. The summed E-state index contributed by atoms with van der Waals surface area (Å²) >= 11 is 3.26. The SMILES string of the molecule is COC(Sc1ccccc1)C(=O)CCCSc1ccccc1. The lowest BCUT2D eigenvalue weighted by Crippen LogP contribution is -2.19. The molecule has 0 aliphatic rings. The van der Waals surface area contributed by atoms with E-state index < -0.39 is 5.44 Å². The molecule has 0 bridgehead atoms. The average molecular weight is 332 g/mol. The van der Waals surface area contributed by atoms with Gasteiger partial charge in [-0.1, -0.05) is 48.2 Å². The number of carbonyl (C=O) groups excluding carboxylic acids is 1. The summed E-state index contributed by atoms with van der Waals surface area (Å²) < 4.78 is 5.34. The van der Waals surface area contributed by atoms with Crippen molar-refractivity contribution in [2.75, 3.05) is 12.9 Å². The molecule has 0 saturated heterocycles. The van der Waals surface area contributed by atoms with Crippen LogP contribution in [0.5, 0.6) is 0 Å². The van der Waals surface area contributed by atoms with Gasteiger partial charge in [0.25, 0.3) is 0 Å². The molecule has 1 unspecified atom stereocenters. The van der Waals surface area contributed by atoms with Crippen LogP contribution in [-0.2, 0) is 9.53 Å². The predicted molar refractivity (Wildman–Crippen MR) is 94.5 cm³/mol. The molecule has 4 heteroatoms. The molecule has 22 heavy (non-hydrogen) atoms. The van der Waals surface area contributed by atoms with Crippen molar-refractivity contribution < 1.29 is 9.53 Å². The summed E-state index contributed by atoms with van der Waals surface area (Å²) in [7, 11) is 1.59. The normalized spacial score (nSPS) is 12.0. The number of benzene rings is 2. The molecule has 0 heterocycles. The topological polar surface area (TPSA) is 26.3 Å². The van der Waals surface area contributed by atoms with Crippen LogP contribution in [0.15, 0.2) is 70.5 Å². The van der Waals surface area contributed by atoms with Gasteiger partial charge in [-0.05, 0) is 36.4 Å². The van der Waals surface area contributed by atoms with Gasteiger partial charge in [0.1, 0.15) is 0 Å². The highest BCUT2D eigenvalue weighted by Crippen LogP contribution is 2.26. The largest absolute Gasteiger partial charge is 0.363 e. The molecule has 0 N–H and O–H groups in total. The van der Waals surface area contributed by atoms with E-state index in [0.717, 1.165) is 17.1 Å². The summed E-state index contributed by atoms with van der Waals surface area (Å²) in [5.41, 5.74) is -0.413. The van der Waals surface area contributed by atoms with Crippen molar-refractivity contribution in [3.8, 4) is 0 Å². The van der Waals surface area contributed by atoms with Crippen molar-refractivity contribution in [2.45, 2.75) is 28.1 Å². The highest BCUT2D eigenvalue weighted by Gasteiger charge is 2.18. The second-order valence-electron chi connectivity index (χ2n) is 4.73. The van der Waals surface area contributed by atoms with Crippen molar-refractivity contribution >= 4 is 29.3 Å². The lowest BCUT2D eigenvalue weighted by atomic mass is 10.2. The van der Waals surface area contributed by atoms with Gasteiger partial charge >= 0.3 is 0 Å². The van der Waals surface area contributed by atoms with Crippen LogP contribution >= 0.6 is 23.5 Å². The molecular formula is C18H20O2S2. The van der Waals surface area contributed by atoms with Crippen LogP contribution in [0, 0.1) is 0 Å². The minimum atomic E-state index is -0.413. The summed E-state index contributed by atoms with van der Waals surface area (Å²) in [5.74, 6) is 1.10. The van der Waals surface area contributed by atoms with Gasteiger partial charge in [-0.2, -0.15) is 0 Å². The molecular weight excluding hydrogens is 312 g/mol. The van der Waals surface area contributed by atoms with Crippen molar-refractivity contribution in [3.63, 3.8) is 0 Å². The number of ether oxygens (including phenoxy) is 1. The van der Waals surface area contributed by atoms with Crippen LogP contribution < -0.4 is 0 Å². The monoisotopic (exact) mass is 332 g/mol. The Kier molecular flexibility index (Phi) is 7.57. The van der Waals surface area contributed by atoms with Gasteiger partial charge in [-0.15, -0.1) is 11.8 Å². The van der Waals surface area contributed by atoms with Crippen LogP contribution in [0.2, 0.25) is 0 Å². The second-order valence-corrected chi connectivity index (χ2v) is 7.03. The van der Waals surface area contributed by atoms with E-state index in [2.05, 4.69) is 12.1 Å². The van der Waals surface area contributed by atoms with Gasteiger partial charge in [0.2, 0.25) is 0 Å². The number of carbonyl (C=O) groups is 1. The molecule has 0 aliphatic heterocycles. The fraction of sp³-hybridized carbons (Fsp3) is 0.278. The quantitative estimate of drug-likeness (QED) is 0.371. The molecule has 0 amide bonds. The van der Waals surface area contributed by atoms with Crippen LogP contribution in [0.25, 0.3) is 0 Å². The first-order valence-electron chi connectivity index (χ1n) is 7.24. The Hall–Kier alpha value is -1.23. The number of hydrogen-bond donors (Lipinski definition) is 0. The zero-order valence-electron chi connectivity index (χ0n) is 12.6. The van der Waals surface area contributed by atoms with Gasteiger partial charge in [-0.3, -0.25) is 4.79 Å². The Morgan fingerprint density at radius 2 is 1.59 bits per heavy atom. The standard InChI is InChI=1S/C18H20O2S2/c1-20-18(22-16-11-6-3-7-12-16)17(19)13-8-14-21-15-9-4-2-5-10-15/h2-7,9-12,18H,8,13-14H2,1H3. The third kappa shape index (κ3) is 5.87. The molecule has 2 nitrogen and oxygen atoms in total. The summed E-state index contributed by atoms with van der Waals surface area (Å²) in [4.78, 5) is 14.5. The van der Waals surface area contributed by atoms with Crippen molar-refractivity contribution in [1.82, 2.24) is 0 Å². The van der Waals surface area contributed by atoms with E-state index in [0.29, 0.717) is 6.42 Å². The van der Waals surface area contributed by atoms with E-state index in [1.807, 2.05) is 48.5 Å². The molecule has 0 saturated carbocycles. The molecule has 2 aromatic rings. The Labute approximate surface area is 140 Å². The first-order chi connectivity index (χ1) is 10.8. The van der Waals surface area contributed by atoms with Crippen LogP contribution in [0.4, 0.5) is 0 Å². The summed E-state index contributed by atoms with van der Waals surface area (Å²) in [5, 5.41) is 0. The first kappa shape index (κ1) is 17.1. The molecule has 1 atom stereocenters. The second kappa shape index (κ2) is 9.72. The fourth-order valence-electron chi connectivity index (χ4n) is 1.94. The predicted octanol–water partition coefficient (Wildman–Crippen LogP) is 4.89. The summed E-state index contributed by atoms with van der Waals surface area (Å²) in [6.45, 7) is 0. The minimum absolute atomic E-state index is 0.157. The summed E-state index contributed by atoms with van der Waals surface area (Å²) in [6.07, 6.45) is 1.42. The molecule has 0 spiro atoms. The maximum absolute atomic E-state index is 12.2. The number of ketones is 1. The van der Waals surface area contributed by atoms with Crippen LogP contribution in [0.3, 0.4) is 0 Å². The zero-order valence-corrected chi connectivity index (χ0v) is 14.2. The lowest BCUT2D eigenvalue weighted by Gasteiger charge is -2.13. The van der Waals surface area contributed by atoms with Gasteiger partial charge in [-0.25, -0.2) is 0 Å². The molecule has 0 radical (unpaired) electrons. The van der Waals surface area contributed by atoms with Crippen molar-refractivity contribution in [1.29, 1.82) is 0 Å². The van der Waals surface area contributed by atoms with Gasteiger partial charge in [0, 0.05) is 23.3 Å². The van der Waals surface area contributed by atoms with E-state index in [4.69, 9.17) is 4.74 Å². The number of thioether (sulfide) groups is 2. The summed E-state index contributed by atoms with van der Waals surface area (Å²) in [6, 6.07) is 20.2. The molecule has 0 fully saturated rings. The fourth-order valence-corrected chi connectivity index (χ4v) is 3.72. The Morgan fingerprint density at radius 1 is 1.00 bits per heavy atom. The highest BCUT2D eigenvalue weighted by molar-refractivity contribution is 8.00. The van der Waals surface area contributed by atoms with Crippen molar-refractivity contribution in [3.05, 3.63) is 60.7 Å². The zero-order chi connectivity index (χ0) is 15.6. The lowest BCUT2D eigenvalue weighted by molar-refractivity contribution is -0.124. The average Bonchev–Trinajstić information content (AvgIpc) is 2.58. The molecule has 0 aliphatic carbocycles. The Morgan fingerprint density at radius 3 is 2.18 bits per heavy atom. The maximum atomic E-state index is 12.2. The van der Waals surface area contributed by atoms with E-state index in [-0.39, 0.29) is 5.78 Å². The number of methoxy groups -OCH3 is 1. The number of rotatable bonds is 9. The van der Waals surface area contributed by atoms with Crippen molar-refractivity contribution in [2.24, 2.45) is 0 Å². The Bertz CT molecular complexity index is 558.